The molecule has 0 saturated carbocycles. The number of aromatic nitrogens is 3. The minimum atomic E-state index is -0.0601. The van der Waals surface area contributed by atoms with Crippen molar-refractivity contribution in [2.75, 3.05) is 0 Å². The summed E-state index contributed by atoms with van der Waals surface area (Å²) in [4.78, 5) is 4.24. The molecule has 2 aromatic heterocycles. The monoisotopic (exact) mass is 277 g/mol. The van der Waals surface area contributed by atoms with Gasteiger partial charge in [-0.15, -0.1) is 6.42 Å². The normalized spacial score (nSPS) is 10.6. The van der Waals surface area contributed by atoms with Crippen molar-refractivity contribution in [3.8, 4) is 12.3 Å². The second-order valence-electron chi connectivity index (χ2n) is 5.66. The van der Waals surface area contributed by atoms with Gasteiger partial charge in [0.2, 0.25) is 0 Å². The molecular weight excluding hydrogens is 258 g/mol. The average Bonchev–Trinajstić information content (AvgIpc) is 2.88. The van der Waals surface area contributed by atoms with Crippen LogP contribution in [0.25, 0.3) is 5.65 Å². The summed E-state index contributed by atoms with van der Waals surface area (Å²) in [6.07, 6.45) is 9.10. The Balaban J connectivity index is 0.000000225. The van der Waals surface area contributed by atoms with Crippen LogP contribution in [0.15, 0.2) is 54.9 Å². The molecule has 0 atom stereocenters. The third-order valence-corrected chi connectivity index (χ3v) is 2.92. The lowest BCUT2D eigenvalue weighted by molar-refractivity contribution is 0.561. The first kappa shape index (κ1) is 14.8. The molecule has 21 heavy (non-hydrogen) atoms. The van der Waals surface area contributed by atoms with E-state index in [0.29, 0.717) is 0 Å². The first-order valence-corrected chi connectivity index (χ1v) is 6.84. The third-order valence-electron chi connectivity index (χ3n) is 2.92. The van der Waals surface area contributed by atoms with Gasteiger partial charge in [-0.25, -0.2) is 9.50 Å². The van der Waals surface area contributed by atoms with E-state index in [0.717, 1.165) is 16.9 Å². The highest BCUT2D eigenvalue weighted by Crippen LogP contribution is 2.25. The van der Waals surface area contributed by atoms with Gasteiger partial charge < -0.3 is 0 Å². The Labute approximate surface area is 125 Å². The molecule has 106 valence electrons. The minimum absolute atomic E-state index is 0.0601. The van der Waals surface area contributed by atoms with Gasteiger partial charge in [-0.1, -0.05) is 63.1 Å². The molecule has 0 aliphatic carbocycles. The number of fused-ring (bicyclic) bond motifs is 1. The molecule has 1 aromatic carbocycles. The molecule has 0 spiro atoms. The van der Waals surface area contributed by atoms with Gasteiger partial charge in [0.1, 0.15) is 0 Å². The molecule has 3 nitrogen and oxygen atoms in total. The van der Waals surface area contributed by atoms with Crippen LogP contribution in [-0.4, -0.2) is 14.6 Å². The molecule has 0 saturated heterocycles. The Morgan fingerprint density at radius 3 is 2.05 bits per heavy atom. The largest absolute Gasteiger partial charge is 0.236 e. The van der Waals surface area contributed by atoms with E-state index < -0.39 is 0 Å². The summed E-state index contributed by atoms with van der Waals surface area (Å²) < 4.78 is 1.73. The molecule has 0 aliphatic heterocycles. The Bertz CT molecular complexity index is 717. The fourth-order valence-corrected chi connectivity index (χ4v) is 1.93. The number of rotatable bonds is 0. The fraction of sp³-hybridized carbons (Fsp3) is 0.222. The van der Waals surface area contributed by atoms with Crippen molar-refractivity contribution in [3.05, 3.63) is 66.1 Å². The summed E-state index contributed by atoms with van der Waals surface area (Å²) in [5.74, 6) is 2.68. The molecule has 3 aromatic rings. The lowest BCUT2D eigenvalue weighted by Crippen LogP contribution is -2.13. The van der Waals surface area contributed by atoms with Crippen molar-refractivity contribution in [1.29, 1.82) is 0 Å². The van der Waals surface area contributed by atoms with Gasteiger partial charge in [-0.2, -0.15) is 5.10 Å². The molecule has 2 heterocycles. The van der Waals surface area contributed by atoms with Gasteiger partial charge in [-0.3, -0.25) is 0 Å². The predicted octanol–water partition coefficient (Wildman–Crippen LogP) is 3.69. The fourth-order valence-electron chi connectivity index (χ4n) is 1.93. The maximum Gasteiger partial charge on any atom is 0.171 e. The van der Waals surface area contributed by atoms with Crippen LogP contribution in [0.5, 0.6) is 0 Å². The van der Waals surface area contributed by atoms with Gasteiger partial charge in [0.25, 0.3) is 0 Å². The molecule has 0 fully saturated rings. The molecule has 3 rings (SSSR count). The molecule has 0 aliphatic rings. The standard InChI is InChI=1S/C12H13N3.C6H6/c1-5-9-10(12(2,3)4)14-15-8-6-7-13-11(9)15;1-2-4-6-5-3-1/h1,6-8H,2-4H3;1-6H. The lowest BCUT2D eigenvalue weighted by atomic mass is 9.89. The van der Waals surface area contributed by atoms with Gasteiger partial charge in [-0.05, 0) is 6.07 Å². The van der Waals surface area contributed by atoms with Crippen molar-refractivity contribution in [3.63, 3.8) is 0 Å². The van der Waals surface area contributed by atoms with Crippen molar-refractivity contribution < 1.29 is 0 Å². The summed E-state index contributed by atoms with van der Waals surface area (Å²) >= 11 is 0. The molecular formula is C18H19N3. The quantitative estimate of drug-likeness (QED) is 0.587. The van der Waals surface area contributed by atoms with Crippen molar-refractivity contribution in [2.24, 2.45) is 0 Å². The first-order chi connectivity index (χ1) is 10.0. The summed E-state index contributed by atoms with van der Waals surface area (Å²) in [5.41, 5.74) is 2.41. The molecule has 0 bridgehead atoms. The zero-order chi connectivity index (χ0) is 15.3. The first-order valence-electron chi connectivity index (χ1n) is 6.84. The molecule has 0 N–H and O–H groups in total. The van der Waals surface area contributed by atoms with Crippen LogP contribution in [0.1, 0.15) is 32.0 Å². The maximum absolute atomic E-state index is 5.51. The molecule has 0 amide bonds. The van der Waals surface area contributed by atoms with E-state index in [9.17, 15) is 0 Å². The summed E-state index contributed by atoms with van der Waals surface area (Å²) in [5, 5.41) is 4.47. The van der Waals surface area contributed by atoms with E-state index in [1.807, 2.05) is 48.7 Å². The minimum Gasteiger partial charge on any atom is -0.236 e. The summed E-state index contributed by atoms with van der Waals surface area (Å²) in [6, 6.07) is 13.8. The zero-order valence-electron chi connectivity index (χ0n) is 12.6. The van der Waals surface area contributed by atoms with Crippen LogP contribution in [0.4, 0.5) is 0 Å². The zero-order valence-corrected chi connectivity index (χ0v) is 12.6. The Morgan fingerprint density at radius 2 is 1.57 bits per heavy atom. The van der Waals surface area contributed by atoms with Crippen LogP contribution >= 0.6 is 0 Å². The van der Waals surface area contributed by atoms with Crippen LogP contribution in [0, 0.1) is 12.3 Å². The van der Waals surface area contributed by atoms with Crippen molar-refractivity contribution in [2.45, 2.75) is 26.2 Å². The summed E-state index contributed by atoms with van der Waals surface area (Å²) in [6.45, 7) is 6.28. The van der Waals surface area contributed by atoms with Crippen LogP contribution in [0.3, 0.4) is 0 Å². The summed E-state index contributed by atoms with van der Waals surface area (Å²) in [7, 11) is 0. The number of hydrogen-bond donors (Lipinski definition) is 0. The van der Waals surface area contributed by atoms with Crippen LogP contribution in [-0.2, 0) is 5.41 Å². The Hall–Kier alpha value is -2.60. The molecule has 0 radical (unpaired) electrons. The van der Waals surface area contributed by atoms with E-state index in [1.165, 1.54) is 0 Å². The highest BCUT2D eigenvalue weighted by Gasteiger charge is 2.23. The maximum atomic E-state index is 5.51. The van der Waals surface area contributed by atoms with E-state index in [4.69, 9.17) is 6.42 Å². The smallest absolute Gasteiger partial charge is 0.171 e. The topological polar surface area (TPSA) is 30.2 Å². The number of hydrogen-bond acceptors (Lipinski definition) is 2. The molecule has 3 heteroatoms. The van der Waals surface area contributed by atoms with E-state index in [2.05, 4.69) is 36.8 Å². The second-order valence-corrected chi connectivity index (χ2v) is 5.66. The van der Waals surface area contributed by atoms with Crippen molar-refractivity contribution >= 4 is 5.65 Å². The SMILES string of the molecule is C#Cc1c(C(C)(C)C)nn2cccnc12.c1ccccc1. The predicted molar refractivity (Wildman–Crippen MR) is 86.1 cm³/mol. The van der Waals surface area contributed by atoms with E-state index in [-0.39, 0.29) is 5.41 Å². The van der Waals surface area contributed by atoms with Gasteiger partial charge in [0.15, 0.2) is 5.65 Å². The van der Waals surface area contributed by atoms with Gasteiger partial charge >= 0.3 is 0 Å². The molecule has 0 unspecified atom stereocenters. The third kappa shape index (κ3) is 3.49. The van der Waals surface area contributed by atoms with Crippen LogP contribution in [0.2, 0.25) is 0 Å². The lowest BCUT2D eigenvalue weighted by Gasteiger charge is -2.15. The Morgan fingerprint density at radius 1 is 1.00 bits per heavy atom. The highest BCUT2D eigenvalue weighted by molar-refractivity contribution is 5.59. The van der Waals surface area contributed by atoms with E-state index >= 15 is 0 Å². The van der Waals surface area contributed by atoms with Crippen molar-refractivity contribution in [1.82, 2.24) is 14.6 Å². The van der Waals surface area contributed by atoms with Gasteiger partial charge in [0, 0.05) is 17.8 Å². The second kappa shape index (κ2) is 6.23. The van der Waals surface area contributed by atoms with E-state index in [1.54, 1.807) is 10.7 Å². The van der Waals surface area contributed by atoms with Gasteiger partial charge in [0.05, 0.1) is 11.3 Å². The number of benzene rings is 1. The average molecular weight is 277 g/mol. The van der Waals surface area contributed by atoms with Crippen LogP contribution < -0.4 is 0 Å². The highest BCUT2D eigenvalue weighted by atomic mass is 15.3. The number of nitrogens with zero attached hydrogens (tertiary/aromatic N) is 3. The Kier molecular flexibility index (Phi) is 4.39. The number of terminal acetylenes is 1.